The molecule has 19 heavy (non-hydrogen) atoms. The van der Waals surface area contributed by atoms with Crippen LogP contribution in [-0.4, -0.2) is 30.4 Å². The summed E-state index contributed by atoms with van der Waals surface area (Å²) in [6.45, 7) is 2.00. The molecule has 2 rings (SSSR count). The number of rotatable bonds is 4. The number of benzene rings is 1. The lowest BCUT2D eigenvalue weighted by molar-refractivity contribution is -0.132. The second-order valence-corrected chi connectivity index (χ2v) is 5.07. The van der Waals surface area contributed by atoms with E-state index in [-0.39, 0.29) is 17.6 Å². The molecule has 0 aliphatic carbocycles. The minimum atomic E-state index is -0.129. The van der Waals surface area contributed by atoms with Gasteiger partial charge in [-0.05, 0) is 43.4 Å². The Morgan fingerprint density at radius 3 is 2.63 bits per heavy atom. The van der Waals surface area contributed by atoms with Gasteiger partial charge in [-0.1, -0.05) is 18.2 Å². The monoisotopic (exact) mass is 264 g/mol. The van der Waals surface area contributed by atoms with Gasteiger partial charge in [0.2, 0.25) is 5.91 Å². The van der Waals surface area contributed by atoms with Gasteiger partial charge in [0.1, 0.15) is 5.82 Å². The number of likely N-dealkylation sites (tertiary alicyclic amines) is 1. The Balaban J connectivity index is 1.89. The van der Waals surface area contributed by atoms with Gasteiger partial charge in [0, 0.05) is 19.5 Å². The van der Waals surface area contributed by atoms with Crippen molar-refractivity contribution < 1.29 is 9.18 Å². The van der Waals surface area contributed by atoms with E-state index in [0.717, 1.165) is 37.9 Å². The minimum Gasteiger partial charge on any atom is -0.343 e. The van der Waals surface area contributed by atoms with Crippen molar-refractivity contribution in [2.24, 2.45) is 5.73 Å². The number of hydrogen-bond acceptors (Lipinski definition) is 2. The normalized spacial score (nSPS) is 16.6. The van der Waals surface area contributed by atoms with Gasteiger partial charge < -0.3 is 10.6 Å². The molecule has 0 radical (unpaired) electrons. The topological polar surface area (TPSA) is 46.3 Å². The highest BCUT2D eigenvalue weighted by molar-refractivity contribution is 5.76. The number of hydrogen-bond donors (Lipinski definition) is 1. The molecule has 0 bridgehead atoms. The molecule has 0 saturated carbocycles. The van der Waals surface area contributed by atoms with Gasteiger partial charge in [-0.2, -0.15) is 0 Å². The maximum Gasteiger partial charge on any atom is 0.222 e. The molecule has 1 amide bonds. The minimum absolute atomic E-state index is 0.129. The summed E-state index contributed by atoms with van der Waals surface area (Å²) in [5.41, 5.74) is 6.20. The van der Waals surface area contributed by atoms with Crippen molar-refractivity contribution >= 4 is 5.91 Å². The number of nitrogens with two attached hydrogens (primary N) is 1. The van der Waals surface area contributed by atoms with Crippen LogP contribution < -0.4 is 5.73 Å². The van der Waals surface area contributed by atoms with Crippen LogP contribution >= 0.6 is 0 Å². The smallest absolute Gasteiger partial charge is 0.222 e. The average Bonchev–Trinajstić information content (AvgIpc) is 2.45. The molecule has 4 heteroatoms. The average molecular weight is 264 g/mol. The Kier molecular flexibility index (Phi) is 4.91. The van der Waals surface area contributed by atoms with Crippen LogP contribution in [0.15, 0.2) is 24.3 Å². The Bertz CT molecular complexity index is 428. The highest BCUT2D eigenvalue weighted by Gasteiger charge is 2.24. The fourth-order valence-electron chi connectivity index (χ4n) is 2.66. The largest absolute Gasteiger partial charge is 0.343 e. The summed E-state index contributed by atoms with van der Waals surface area (Å²) >= 11 is 0. The lowest BCUT2D eigenvalue weighted by Crippen LogP contribution is -2.38. The van der Waals surface area contributed by atoms with E-state index in [9.17, 15) is 9.18 Å². The fraction of sp³-hybridized carbons (Fsp3) is 0.533. The molecule has 104 valence electrons. The van der Waals surface area contributed by atoms with Crippen LogP contribution in [0.25, 0.3) is 0 Å². The van der Waals surface area contributed by atoms with E-state index in [1.165, 1.54) is 6.07 Å². The van der Waals surface area contributed by atoms with E-state index in [0.29, 0.717) is 13.0 Å². The van der Waals surface area contributed by atoms with E-state index < -0.39 is 0 Å². The quantitative estimate of drug-likeness (QED) is 0.906. The Morgan fingerprint density at radius 2 is 2.00 bits per heavy atom. The van der Waals surface area contributed by atoms with E-state index in [4.69, 9.17) is 5.73 Å². The van der Waals surface area contributed by atoms with Gasteiger partial charge in [-0.25, -0.2) is 4.39 Å². The van der Waals surface area contributed by atoms with Gasteiger partial charge in [0.15, 0.2) is 0 Å². The summed E-state index contributed by atoms with van der Waals surface area (Å²) in [5.74, 6) is 0.285. The van der Waals surface area contributed by atoms with E-state index in [1.807, 2.05) is 17.0 Å². The van der Waals surface area contributed by atoms with Crippen LogP contribution in [0, 0.1) is 5.82 Å². The zero-order valence-electron chi connectivity index (χ0n) is 11.1. The van der Waals surface area contributed by atoms with Crippen molar-refractivity contribution in [1.29, 1.82) is 0 Å². The number of carbonyl (C=O) groups is 1. The Labute approximate surface area is 113 Å². The standard InChI is InChI=1S/C15H21FN2O/c16-14-5-2-1-4-13(14)12-7-10-18(11-8-12)15(19)6-3-9-17/h1-2,4-5,12H,3,6-11,17H2. The molecule has 1 aliphatic heterocycles. The van der Waals surface area contributed by atoms with Crippen LogP contribution in [0.5, 0.6) is 0 Å². The zero-order chi connectivity index (χ0) is 13.7. The highest BCUT2D eigenvalue weighted by atomic mass is 19.1. The van der Waals surface area contributed by atoms with Gasteiger partial charge in [0.25, 0.3) is 0 Å². The molecular formula is C15H21FN2O. The van der Waals surface area contributed by atoms with Gasteiger partial charge in [-0.3, -0.25) is 4.79 Å². The number of nitrogens with zero attached hydrogens (tertiary/aromatic N) is 1. The summed E-state index contributed by atoms with van der Waals surface area (Å²) in [7, 11) is 0. The number of amides is 1. The fourth-order valence-corrected chi connectivity index (χ4v) is 2.66. The van der Waals surface area contributed by atoms with E-state index in [2.05, 4.69) is 0 Å². The molecule has 0 atom stereocenters. The molecular weight excluding hydrogens is 243 g/mol. The number of halogens is 1. The van der Waals surface area contributed by atoms with Crippen LogP contribution in [0.2, 0.25) is 0 Å². The lowest BCUT2D eigenvalue weighted by atomic mass is 9.89. The Hall–Kier alpha value is -1.42. The van der Waals surface area contributed by atoms with Crippen LogP contribution in [0.4, 0.5) is 4.39 Å². The van der Waals surface area contributed by atoms with Gasteiger partial charge in [0.05, 0.1) is 0 Å². The SMILES string of the molecule is NCCCC(=O)N1CCC(c2ccccc2F)CC1. The molecule has 0 unspecified atom stereocenters. The van der Waals surface area contributed by atoms with Crippen molar-refractivity contribution in [3.8, 4) is 0 Å². The third-order valence-electron chi connectivity index (χ3n) is 3.79. The van der Waals surface area contributed by atoms with E-state index in [1.54, 1.807) is 6.07 Å². The molecule has 2 N–H and O–H groups in total. The maximum absolute atomic E-state index is 13.7. The molecule has 0 spiro atoms. The zero-order valence-corrected chi connectivity index (χ0v) is 11.1. The van der Waals surface area contributed by atoms with Crippen LogP contribution in [0.3, 0.4) is 0 Å². The van der Waals surface area contributed by atoms with E-state index >= 15 is 0 Å². The third kappa shape index (κ3) is 3.53. The molecule has 1 heterocycles. The first-order valence-corrected chi connectivity index (χ1v) is 6.94. The first kappa shape index (κ1) is 14.0. The number of piperidine rings is 1. The Morgan fingerprint density at radius 1 is 1.32 bits per heavy atom. The van der Waals surface area contributed by atoms with Crippen molar-refractivity contribution in [2.75, 3.05) is 19.6 Å². The van der Waals surface area contributed by atoms with Crippen molar-refractivity contribution in [1.82, 2.24) is 4.90 Å². The predicted octanol–water partition coefficient (Wildman–Crippen LogP) is 2.27. The maximum atomic E-state index is 13.7. The molecule has 1 aliphatic rings. The summed E-state index contributed by atoms with van der Waals surface area (Å²) in [6.07, 6.45) is 2.96. The first-order chi connectivity index (χ1) is 9.22. The highest BCUT2D eigenvalue weighted by Crippen LogP contribution is 2.29. The third-order valence-corrected chi connectivity index (χ3v) is 3.79. The second kappa shape index (κ2) is 6.66. The number of carbonyl (C=O) groups excluding carboxylic acids is 1. The summed E-state index contributed by atoms with van der Waals surface area (Å²) in [5, 5.41) is 0. The molecule has 1 aromatic carbocycles. The molecule has 3 nitrogen and oxygen atoms in total. The van der Waals surface area contributed by atoms with Gasteiger partial charge in [-0.15, -0.1) is 0 Å². The van der Waals surface area contributed by atoms with Crippen LogP contribution in [0.1, 0.15) is 37.2 Å². The second-order valence-electron chi connectivity index (χ2n) is 5.07. The van der Waals surface area contributed by atoms with Crippen molar-refractivity contribution in [3.05, 3.63) is 35.6 Å². The predicted molar refractivity (Wildman–Crippen MR) is 73.2 cm³/mol. The lowest BCUT2D eigenvalue weighted by Gasteiger charge is -2.32. The molecule has 1 fully saturated rings. The summed E-state index contributed by atoms with van der Waals surface area (Å²) in [6, 6.07) is 6.95. The molecule has 1 saturated heterocycles. The van der Waals surface area contributed by atoms with Crippen LogP contribution in [-0.2, 0) is 4.79 Å². The van der Waals surface area contributed by atoms with Crippen molar-refractivity contribution in [3.63, 3.8) is 0 Å². The first-order valence-electron chi connectivity index (χ1n) is 6.94. The van der Waals surface area contributed by atoms with Crippen molar-refractivity contribution in [2.45, 2.75) is 31.6 Å². The summed E-state index contributed by atoms with van der Waals surface area (Å²) in [4.78, 5) is 13.7. The molecule has 1 aromatic rings. The van der Waals surface area contributed by atoms with Gasteiger partial charge >= 0.3 is 0 Å². The molecule has 0 aromatic heterocycles. The summed E-state index contributed by atoms with van der Waals surface area (Å²) < 4.78 is 13.7.